The highest BCUT2D eigenvalue weighted by Gasteiger charge is 2.66. The van der Waals surface area contributed by atoms with Crippen LogP contribution in [0.15, 0.2) is 11.3 Å². The van der Waals surface area contributed by atoms with Crippen molar-refractivity contribution < 1.29 is 63.1 Å². The van der Waals surface area contributed by atoms with Gasteiger partial charge in [0.25, 0.3) is 11.6 Å². The summed E-state index contributed by atoms with van der Waals surface area (Å²) in [5.74, 6) is -8.26. The van der Waals surface area contributed by atoms with Gasteiger partial charge in [-0.25, -0.2) is 4.79 Å². The maximum Gasteiger partial charge on any atom is 0.352 e. The number of nitrogens with two attached hydrogens (primary N) is 4. The molecule has 1 saturated heterocycles. The molecular formula is C31H50N8O13S. The van der Waals surface area contributed by atoms with Gasteiger partial charge >= 0.3 is 17.9 Å². The van der Waals surface area contributed by atoms with E-state index in [9.17, 15) is 48.6 Å². The zero-order valence-electron chi connectivity index (χ0n) is 29.7. The van der Waals surface area contributed by atoms with Crippen molar-refractivity contribution in [3.05, 3.63) is 11.3 Å². The number of ether oxygens (including phenoxy) is 2. The van der Waals surface area contributed by atoms with Gasteiger partial charge in [-0.3, -0.25) is 38.5 Å². The Morgan fingerprint density at radius 3 is 2.19 bits per heavy atom. The number of carbonyl (C=O) groups excluding carboxylic acids is 6. The minimum absolute atomic E-state index is 0.00344. The van der Waals surface area contributed by atoms with Crippen molar-refractivity contribution in [2.75, 3.05) is 26.0 Å². The Morgan fingerprint density at radius 2 is 1.64 bits per heavy atom. The van der Waals surface area contributed by atoms with Gasteiger partial charge in [-0.15, -0.1) is 11.8 Å². The predicted octanol–water partition coefficient (Wildman–Crippen LogP) is -3.86. The summed E-state index contributed by atoms with van der Waals surface area (Å²) in [6, 6.07) is -4.63. The van der Waals surface area contributed by atoms with Gasteiger partial charge in [-0.2, -0.15) is 0 Å². The number of carboxylic acid groups (broad SMARTS) is 2. The van der Waals surface area contributed by atoms with Crippen molar-refractivity contribution >= 4 is 59.2 Å². The molecule has 1 fully saturated rings. The number of carbonyl (C=O) groups is 8. The molecule has 2 rings (SSSR count). The molecule has 5 unspecified atom stereocenters. The highest BCUT2D eigenvalue weighted by Crippen LogP contribution is 2.46. The van der Waals surface area contributed by atoms with Crippen molar-refractivity contribution in [2.24, 2.45) is 28.9 Å². The number of aliphatic carboxylic acids is 2. The fraction of sp³-hybridized carbons (Fsp3) is 0.677. The van der Waals surface area contributed by atoms with Crippen LogP contribution in [0.5, 0.6) is 0 Å². The Balaban J connectivity index is 2.10. The largest absolute Gasteiger partial charge is 0.480 e. The molecule has 21 nitrogen and oxygen atoms in total. The molecule has 53 heavy (non-hydrogen) atoms. The van der Waals surface area contributed by atoms with Crippen LogP contribution >= 0.6 is 11.8 Å². The molecule has 2 aliphatic rings. The molecule has 2 heterocycles. The lowest BCUT2D eigenvalue weighted by atomic mass is 9.97. The van der Waals surface area contributed by atoms with E-state index in [1.54, 1.807) is 13.8 Å². The number of nitrogens with zero attached hydrogens (tertiary/aromatic N) is 1. The lowest BCUT2D eigenvalue weighted by Crippen LogP contribution is -2.80. The summed E-state index contributed by atoms with van der Waals surface area (Å²) < 4.78 is 10.6. The number of methoxy groups -OCH3 is 1. The average Bonchev–Trinajstić information content (AvgIpc) is 3.08. The molecule has 0 aromatic heterocycles. The molecule has 0 aromatic rings. The van der Waals surface area contributed by atoms with E-state index in [1.807, 2.05) is 0 Å². The van der Waals surface area contributed by atoms with Gasteiger partial charge in [0.05, 0.1) is 24.6 Å². The third-order valence-corrected chi connectivity index (χ3v) is 9.87. The number of carboxylic acids is 2. The van der Waals surface area contributed by atoms with E-state index in [1.165, 1.54) is 0 Å². The highest BCUT2D eigenvalue weighted by atomic mass is 32.2. The molecule has 0 radical (unpaired) electrons. The number of primary amides is 1. The van der Waals surface area contributed by atoms with Crippen molar-refractivity contribution in [3.63, 3.8) is 0 Å². The number of amides is 5. The van der Waals surface area contributed by atoms with Crippen LogP contribution in [-0.2, 0) is 47.8 Å². The first-order chi connectivity index (χ1) is 24.8. The summed E-state index contributed by atoms with van der Waals surface area (Å²) in [5.41, 5.74) is 19.7. The maximum absolute atomic E-state index is 13.3. The lowest BCUT2D eigenvalue weighted by Gasteiger charge is -2.55. The molecule has 2 aliphatic heterocycles. The van der Waals surface area contributed by atoms with Gasteiger partial charge in [0, 0.05) is 31.3 Å². The van der Waals surface area contributed by atoms with Gasteiger partial charge in [0.15, 0.2) is 0 Å². The molecular weight excluding hydrogens is 724 g/mol. The fourth-order valence-corrected chi connectivity index (χ4v) is 6.93. The van der Waals surface area contributed by atoms with Crippen LogP contribution in [0.1, 0.15) is 58.8 Å². The Morgan fingerprint density at radius 1 is 1.00 bits per heavy atom. The van der Waals surface area contributed by atoms with E-state index >= 15 is 0 Å². The Kier molecular flexibility index (Phi) is 17.1. The molecule has 5 amide bonds. The number of hydrogen-bond acceptors (Lipinski definition) is 15. The number of rotatable bonds is 23. The number of aliphatic hydroxyl groups is 1. The number of thioether (sulfide) groups is 1. The van der Waals surface area contributed by atoms with E-state index in [0.717, 1.165) is 23.8 Å². The molecule has 0 spiro atoms. The van der Waals surface area contributed by atoms with Gasteiger partial charge in [0.2, 0.25) is 23.6 Å². The van der Waals surface area contributed by atoms with Crippen LogP contribution in [0.4, 0.5) is 0 Å². The average molecular weight is 775 g/mol. The number of aliphatic hydroxyl groups excluding tert-OH is 1. The zero-order valence-corrected chi connectivity index (χ0v) is 30.5. The van der Waals surface area contributed by atoms with Gasteiger partial charge in [-0.1, -0.05) is 13.8 Å². The SMILES string of the molecule is CO[C@@]1(NC(=O)CCC[C@@H](N)C(=O)O)C(=O)N2C(C(=O)O)=C(COC(=O)CC(O)C(CC(N)=O)NC(=O)C(NC(=O)C(N)CCCN)C(C)C)CSC21. The summed E-state index contributed by atoms with van der Waals surface area (Å²) in [6.07, 6.45) is -2.42. The Labute approximate surface area is 309 Å². The molecule has 0 aliphatic carbocycles. The number of fused-ring (bicyclic) bond motifs is 1. The molecule has 0 saturated carbocycles. The van der Waals surface area contributed by atoms with Crippen LogP contribution < -0.4 is 38.9 Å². The fourth-order valence-electron chi connectivity index (χ4n) is 5.51. The summed E-state index contributed by atoms with van der Waals surface area (Å²) in [6.45, 7) is 2.97. The van der Waals surface area contributed by atoms with Crippen LogP contribution in [0.25, 0.3) is 0 Å². The first-order valence-electron chi connectivity index (χ1n) is 16.7. The second-order valence-corrected chi connectivity index (χ2v) is 14.0. The van der Waals surface area contributed by atoms with E-state index < -0.39 is 120 Å². The second-order valence-electron chi connectivity index (χ2n) is 12.9. The van der Waals surface area contributed by atoms with Crippen LogP contribution in [0.3, 0.4) is 0 Å². The topological polar surface area (TPSA) is 359 Å². The number of esters is 1. The van der Waals surface area contributed by atoms with Crippen LogP contribution in [0, 0.1) is 5.92 Å². The van der Waals surface area contributed by atoms with Gasteiger partial charge in [0.1, 0.15) is 29.8 Å². The molecule has 7 atom stereocenters. The van der Waals surface area contributed by atoms with E-state index in [4.69, 9.17) is 37.5 Å². The van der Waals surface area contributed by atoms with E-state index in [0.29, 0.717) is 13.0 Å². The van der Waals surface area contributed by atoms with E-state index in [2.05, 4.69) is 16.0 Å². The summed E-state index contributed by atoms with van der Waals surface area (Å²) in [5, 5.41) is 36.2. The monoisotopic (exact) mass is 774 g/mol. The quantitative estimate of drug-likeness (QED) is 0.0270. The zero-order chi connectivity index (χ0) is 40.2. The van der Waals surface area contributed by atoms with Crippen molar-refractivity contribution in [1.29, 1.82) is 0 Å². The minimum atomic E-state index is -1.92. The number of nitrogens with one attached hydrogen (secondary N) is 3. The number of β-lactam (4-membered cyclic amide) rings is 1. The van der Waals surface area contributed by atoms with Crippen LogP contribution in [-0.4, -0.2) is 135 Å². The third-order valence-electron chi connectivity index (χ3n) is 8.50. The summed E-state index contributed by atoms with van der Waals surface area (Å²) in [7, 11) is 1.15. The van der Waals surface area contributed by atoms with Crippen molar-refractivity contribution in [3.8, 4) is 0 Å². The van der Waals surface area contributed by atoms with Gasteiger partial charge in [-0.05, 0) is 38.1 Å². The molecule has 0 aromatic carbocycles. The molecule has 298 valence electrons. The first kappa shape index (κ1) is 44.8. The standard InChI is InChI=1S/C31H50N8O13S/c1-14(2)23(37-25(44)16(33)7-5-9-32)26(45)36-18(10-20(35)41)19(40)11-22(43)52-12-15-13-53-30-31(51-3,29(50)39(30)24(15)28(48)49)38-21(42)8-4-6-17(34)27(46)47/h14,16-19,23,30,40H,4-13,32-34H2,1-3H3,(H2,35,41)(H,36,45)(H,37,44)(H,38,42)(H,46,47)(H,48,49)/t16?,17-,18?,19?,23?,30?,31+/m1/s1. The molecule has 0 bridgehead atoms. The summed E-state index contributed by atoms with van der Waals surface area (Å²) >= 11 is 1.01. The highest BCUT2D eigenvalue weighted by molar-refractivity contribution is 8.00. The smallest absolute Gasteiger partial charge is 0.352 e. The lowest BCUT2D eigenvalue weighted by molar-refractivity contribution is -0.192. The summed E-state index contributed by atoms with van der Waals surface area (Å²) in [4.78, 5) is 100. The molecule has 22 heteroatoms. The third kappa shape index (κ3) is 11.8. The van der Waals surface area contributed by atoms with Crippen molar-refractivity contribution in [2.45, 2.75) is 100 Å². The van der Waals surface area contributed by atoms with Crippen LogP contribution in [0.2, 0.25) is 0 Å². The minimum Gasteiger partial charge on any atom is -0.480 e. The van der Waals surface area contributed by atoms with Gasteiger partial charge < -0.3 is 63.7 Å². The predicted molar refractivity (Wildman–Crippen MR) is 185 cm³/mol. The molecule has 14 N–H and O–H groups in total. The Hall–Kier alpha value is -4.35. The normalized spacial score (nSPS) is 20.9. The van der Waals surface area contributed by atoms with Crippen molar-refractivity contribution in [1.82, 2.24) is 20.9 Å². The first-order valence-corrected chi connectivity index (χ1v) is 17.8. The second kappa shape index (κ2) is 20.2. The number of hydrogen-bond donors (Lipinski definition) is 10. The maximum atomic E-state index is 13.3. The van der Waals surface area contributed by atoms with E-state index in [-0.39, 0.29) is 37.0 Å². The Bertz CT molecular complexity index is 1450.